The molecule has 0 aliphatic carbocycles. The van der Waals surface area contributed by atoms with Crippen molar-refractivity contribution in [2.45, 2.75) is 6.42 Å². The van der Waals surface area contributed by atoms with E-state index in [4.69, 9.17) is 0 Å². The van der Waals surface area contributed by atoms with Crippen LogP contribution >= 0.6 is 11.3 Å². The number of nitrogens with zero attached hydrogens (tertiary/aromatic N) is 3. The van der Waals surface area contributed by atoms with Gasteiger partial charge in [0.2, 0.25) is 0 Å². The van der Waals surface area contributed by atoms with Gasteiger partial charge in [-0.1, -0.05) is 17.4 Å². The molecule has 24 heavy (non-hydrogen) atoms. The van der Waals surface area contributed by atoms with Crippen molar-refractivity contribution >= 4 is 32.7 Å². The van der Waals surface area contributed by atoms with E-state index in [1.54, 1.807) is 18.2 Å². The normalized spacial score (nSPS) is 10.8. The highest BCUT2D eigenvalue weighted by Crippen LogP contribution is 2.31. The standard InChI is InChI=1S/C17H16FN3O2S/c1-21(2)17-20-15-10(7-11(18)9-14(15)24-17)8-12-5-4-6-13(19-12)16(22)23-3/h4-7,9H,8H2,1-3H3. The first-order valence-electron chi connectivity index (χ1n) is 7.28. The van der Waals surface area contributed by atoms with Crippen LogP contribution in [0.1, 0.15) is 21.7 Å². The van der Waals surface area contributed by atoms with Gasteiger partial charge in [-0.05, 0) is 29.8 Å². The maximum absolute atomic E-state index is 13.9. The number of carbonyl (C=O) groups excluding carboxylic acids is 1. The molecule has 1 aromatic carbocycles. The summed E-state index contributed by atoms with van der Waals surface area (Å²) in [6.45, 7) is 0. The summed E-state index contributed by atoms with van der Waals surface area (Å²) in [7, 11) is 5.11. The minimum atomic E-state index is -0.496. The number of fused-ring (bicyclic) bond motifs is 1. The van der Waals surface area contributed by atoms with E-state index in [9.17, 15) is 9.18 Å². The molecule has 2 heterocycles. The first-order chi connectivity index (χ1) is 11.5. The van der Waals surface area contributed by atoms with Gasteiger partial charge >= 0.3 is 5.97 Å². The fraction of sp³-hybridized carbons (Fsp3) is 0.235. The zero-order valence-corrected chi connectivity index (χ0v) is 14.4. The first-order valence-corrected chi connectivity index (χ1v) is 8.10. The van der Waals surface area contributed by atoms with Crippen LogP contribution in [0.2, 0.25) is 0 Å². The van der Waals surface area contributed by atoms with Gasteiger partial charge in [0.15, 0.2) is 5.13 Å². The van der Waals surface area contributed by atoms with Gasteiger partial charge in [0, 0.05) is 26.2 Å². The van der Waals surface area contributed by atoms with Crippen LogP contribution in [0.3, 0.4) is 0 Å². The number of pyridine rings is 1. The van der Waals surface area contributed by atoms with Crippen molar-refractivity contribution in [3.05, 3.63) is 53.1 Å². The number of halogens is 1. The molecule has 0 aliphatic heterocycles. The molecule has 124 valence electrons. The van der Waals surface area contributed by atoms with E-state index in [1.807, 2.05) is 19.0 Å². The lowest BCUT2D eigenvalue weighted by atomic mass is 10.1. The molecule has 0 N–H and O–H groups in total. The van der Waals surface area contributed by atoms with Gasteiger partial charge in [-0.3, -0.25) is 0 Å². The number of hydrogen-bond acceptors (Lipinski definition) is 6. The molecule has 0 unspecified atom stereocenters. The molecule has 0 fully saturated rings. The molecule has 7 heteroatoms. The van der Waals surface area contributed by atoms with E-state index in [2.05, 4.69) is 14.7 Å². The molecule has 0 saturated carbocycles. The fourth-order valence-corrected chi connectivity index (χ4v) is 3.33. The quantitative estimate of drug-likeness (QED) is 0.679. The zero-order chi connectivity index (χ0) is 17.3. The van der Waals surface area contributed by atoms with Crippen LogP contribution in [-0.4, -0.2) is 37.1 Å². The topological polar surface area (TPSA) is 55.3 Å². The van der Waals surface area contributed by atoms with Crippen LogP contribution in [0.5, 0.6) is 0 Å². The Morgan fingerprint density at radius 1 is 1.29 bits per heavy atom. The lowest BCUT2D eigenvalue weighted by Gasteiger charge is -2.06. The Morgan fingerprint density at radius 2 is 2.08 bits per heavy atom. The maximum atomic E-state index is 13.9. The summed E-state index contributed by atoms with van der Waals surface area (Å²) in [5.74, 6) is -0.805. The lowest BCUT2D eigenvalue weighted by molar-refractivity contribution is 0.0593. The van der Waals surface area contributed by atoms with E-state index in [-0.39, 0.29) is 11.5 Å². The van der Waals surface area contributed by atoms with E-state index in [0.29, 0.717) is 12.1 Å². The van der Waals surface area contributed by atoms with Gasteiger partial charge < -0.3 is 9.64 Å². The second-order valence-corrected chi connectivity index (χ2v) is 6.49. The van der Waals surface area contributed by atoms with Crippen molar-refractivity contribution in [3.8, 4) is 0 Å². The molecule has 0 amide bonds. The molecule has 0 atom stereocenters. The number of carbonyl (C=O) groups is 1. The van der Waals surface area contributed by atoms with Crippen LogP contribution in [0.15, 0.2) is 30.3 Å². The van der Waals surface area contributed by atoms with Crippen LogP contribution in [0.25, 0.3) is 10.2 Å². The monoisotopic (exact) mass is 345 g/mol. The lowest BCUT2D eigenvalue weighted by Crippen LogP contribution is -2.07. The van der Waals surface area contributed by atoms with E-state index < -0.39 is 5.97 Å². The maximum Gasteiger partial charge on any atom is 0.356 e. The van der Waals surface area contributed by atoms with E-state index >= 15 is 0 Å². The van der Waals surface area contributed by atoms with Crippen molar-refractivity contribution in [1.29, 1.82) is 0 Å². The van der Waals surface area contributed by atoms with Crippen molar-refractivity contribution in [2.24, 2.45) is 0 Å². The highest BCUT2D eigenvalue weighted by Gasteiger charge is 2.14. The van der Waals surface area contributed by atoms with E-state index in [1.165, 1.54) is 30.6 Å². The molecule has 3 rings (SSSR count). The first kappa shape index (κ1) is 16.3. The van der Waals surface area contributed by atoms with Crippen LogP contribution in [0.4, 0.5) is 9.52 Å². The average Bonchev–Trinajstić information content (AvgIpc) is 2.98. The number of aromatic nitrogens is 2. The summed E-state index contributed by atoms with van der Waals surface area (Å²) in [4.78, 5) is 22.4. The van der Waals surface area contributed by atoms with Crippen molar-refractivity contribution in [1.82, 2.24) is 9.97 Å². The molecule has 5 nitrogen and oxygen atoms in total. The Balaban J connectivity index is 2.02. The third-order valence-electron chi connectivity index (χ3n) is 3.48. The molecular weight excluding hydrogens is 329 g/mol. The summed E-state index contributed by atoms with van der Waals surface area (Å²) in [6, 6.07) is 8.07. The van der Waals surface area contributed by atoms with E-state index in [0.717, 1.165) is 20.9 Å². The van der Waals surface area contributed by atoms with Crippen molar-refractivity contribution < 1.29 is 13.9 Å². The Morgan fingerprint density at radius 3 is 2.79 bits per heavy atom. The molecule has 0 bridgehead atoms. The zero-order valence-electron chi connectivity index (χ0n) is 13.5. The van der Waals surface area contributed by atoms with Crippen LogP contribution < -0.4 is 4.90 Å². The Hall–Kier alpha value is -2.54. The van der Waals surface area contributed by atoms with Gasteiger partial charge in [-0.25, -0.2) is 19.2 Å². The summed E-state index contributed by atoms with van der Waals surface area (Å²) < 4.78 is 19.4. The molecular formula is C17H16FN3O2S. The fourth-order valence-electron chi connectivity index (χ4n) is 2.37. The molecule has 3 aromatic rings. The Labute approximate surface area is 142 Å². The second-order valence-electron chi connectivity index (χ2n) is 5.49. The van der Waals surface area contributed by atoms with Gasteiger partial charge in [-0.2, -0.15) is 0 Å². The summed E-state index contributed by atoms with van der Waals surface area (Å²) in [5.41, 5.74) is 2.39. The van der Waals surface area contributed by atoms with Crippen molar-refractivity contribution in [3.63, 3.8) is 0 Å². The number of esters is 1. The van der Waals surface area contributed by atoms with Gasteiger partial charge in [0.1, 0.15) is 11.5 Å². The number of methoxy groups -OCH3 is 1. The molecule has 0 spiro atoms. The third-order valence-corrected chi connectivity index (χ3v) is 4.65. The number of rotatable bonds is 4. The molecule has 0 aliphatic rings. The number of hydrogen-bond donors (Lipinski definition) is 0. The van der Waals surface area contributed by atoms with Crippen LogP contribution in [0, 0.1) is 5.82 Å². The average molecular weight is 345 g/mol. The highest BCUT2D eigenvalue weighted by molar-refractivity contribution is 7.22. The smallest absolute Gasteiger partial charge is 0.356 e. The minimum absolute atomic E-state index is 0.231. The third kappa shape index (κ3) is 3.21. The number of anilines is 1. The predicted molar refractivity (Wildman–Crippen MR) is 92.3 cm³/mol. The Bertz CT molecular complexity index is 908. The molecule has 0 radical (unpaired) electrons. The van der Waals surface area contributed by atoms with Gasteiger partial charge in [0.05, 0.1) is 17.3 Å². The number of ether oxygens (including phenoxy) is 1. The summed E-state index contributed by atoms with van der Waals surface area (Å²) in [5, 5.41) is 0.813. The number of benzene rings is 1. The number of thiazole rings is 1. The Kier molecular flexibility index (Phi) is 4.44. The second kappa shape index (κ2) is 6.52. The van der Waals surface area contributed by atoms with Gasteiger partial charge in [-0.15, -0.1) is 0 Å². The SMILES string of the molecule is COC(=O)c1cccc(Cc2cc(F)cc3sc(N(C)C)nc23)n1. The molecule has 0 saturated heterocycles. The van der Waals surface area contributed by atoms with Crippen LogP contribution in [-0.2, 0) is 11.2 Å². The van der Waals surface area contributed by atoms with Crippen molar-refractivity contribution in [2.75, 3.05) is 26.1 Å². The predicted octanol–water partition coefficient (Wildman–Crippen LogP) is 3.27. The largest absolute Gasteiger partial charge is 0.464 e. The summed E-state index contributed by atoms with van der Waals surface area (Å²) in [6.07, 6.45) is 0.385. The minimum Gasteiger partial charge on any atom is -0.464 e. The summed E-state index contributed by atoms with van der Waals surface area (Å²) >= 11 is 1.44. The molecule has 2 aromatic heterocycles. The highest BCUT2D eigenvalue weighted by atomic mass is 32.1. The van der Waals surface area contributed by atoms with Gasteiger partial charge in [0.25, 0.3) is 0 Å².